The Kier molecular flexibility index (Phi) is 4.79. The van der Waals surface area contributed by atoms with Crippen molar-refractivity contribution in [3.05, 3.63) is 89.4 Å². The van der Waals surface area contributed by atoms with Crippen LogP contribution in [0.15, 0.2) is 83.8 Å². The van der Waals surface area contributed by atoms with Gasteiger partial charge in [-0.2, -0.15) is 0 Å². The van der Waals surface area contributed by atoms with Crippen molar-refractivity contribution in [1.29, 1.82) is 0 Å². The maximum absolute atomic E-state index is 12.4. The van der Waals surface area contributed by atoms with Crippen molar-refractivity contribution in [3.8, 4) is 0 Å². The first-order valence-electron chi connectivity index (χ1n) is 11.6. The minimum atomic E-state index is 0.00546. The van der Waals surface area contributed by atoms with Crippen LogP contribution in [0.25, 0.3) is 6.08 Å². The SMILES string of the molecule is C1=Cc2ccccc2N(c2ccccc2)C1.O=C1C=C(N2CC2)C(=O)C(N2CC2)=C1N1CC1. The molecule has 2 aromatic carbocycles. The molecule has 0 spiro atoms. The third-order valence-corrected chi connectivity index (χ3v) is 6.37. The number of hydrogen-bond donors (Lipinski definition) is 0. The van der Waals surface area contributed by atoms with Crippen LogP contribution in [0.4, 0.5) is 11.4 Å². The lowest BCUT2D eigenvalue weighted by molar-refractivity contribution is -0.117. The number of ketones is 2. The summed E-state index contributed by atoms with van der Waals surface area (Å²) in [5, 5.41) is 0. The van der Waals surface area contributed by atoms with Gasteiger partial charge in [0.05, 0.1) is 5.70 Å². The molecular formula is C27H26N4O2. The quantitative estimate of drug-likeness (QED) is 0.540. The number of carbonyl (C=O) groups excluding carboxylic acids is 2. The van der Waals surface area contributed by atoms with Gasteiger partial charge in [0.1, 0.15) is 11.4 Å². The maximum atomic E-state index is 12.4. The molecular weight excluding hydrogens is 412 g/mol. The van der Waals surface area contributed by atoms with Crippen LogP contribution in [-0.4, -0.2) is 72.1 Å². The maximum Gasteiger partial charge on any atom is 0.227 e. The molecule has 0 amide bonds. The first-order valence-corrected chi connectivity index (χ1v) is 11.6. The van der Waals surface area contributed by atoms with Crippen molar-refractivity contribution < 1.29 is 9.59 Å². The minimum Gasteiger partial charge on any atom is -0.365 e. The Morgan fingerprint density at radius 1 is 0.667 bits per heavy atom. The van der Waals surface area contributed by atoms with Crippen molar-refractivity contribution in [2.45, 2.75) is 0 Å². The van der Waals surface area contributed by atoms with Crippen LogP contribution >= 0.6 is 0 Å². The summed E-state index contributed by atoms with van der Waals surface area (Å²) in [6.07, 6.45) is 5.92. The van der Waals surface area contributed by atoms with E-state index in [0.717, 1.165) is 45.8 Å². The number of fused-ring (bicyclic) bond motifs is 1. The zero-order valence-electron chi connectivity index (χ0n) is 18.5. The van der Waals surface area contributed by atoms with Crippen molar-refractivity contribution in [3.63, 3.8) is 0 Å². The minimum absolute atomic E-state index is 0.00546. The second-order valence-electron chi connectivity index (χ2n) is 8.79. The molecule has 5 aliphatic rings. The average molecular weight is 439 g/mol. The van der Waals surface area contributed by atoms with Gasteiger partial charge in [0.15, 0.2) is 0 Å². The summed E-state index contributed by atoms with van der Waals surface area (Å²) in [5.41, 5.74) is 5.71. The first-order chi connectivity index (χ1) is 16.2. The lowest BCUT2D eigenvalue weighted by Gasteiger charge is -2.28. The summed E-state index contributed by atoms with van der Waals surface area (Å²) in [6, 6.07) is 19.0. The van der Waals surface area contributed by atoms with Gasteiger partial charge < -0.3 is 19.6 Å². The van der Waals surface area contributed by atoms with E-state index in [2.05, 4.69) is 71.6 Å². The molecule has 1 aliphatic carbocycles. The summed E-state index contributed by atoms with van der Waals surface area (Å²) in [6.45, 7) is 6.35. The number of hydrogen-bond acceptors (Lipinski definition) is 6. The number of anilines is 2. The number of para-hydroxylation sites is 2. The Hall–Kier alpha value is -3.80. The molecule has 0 atom stereocenters. The van der Waals surface area contributed by atoms with Crippen LogP contribution in [0.2, 0.25) is 0 Å². The Morgan fingerprint density at radius 2 is 1.30 bits per heavy atom. The van der Waals surface area contributed by atoms with Gasteiger partial charge in [-0.3, -0.25) is 9.59 Å². The van der Waals surface area contributed by atoms with Gasteiger partial charge >= 0.3 is 0 Å². The first kappa shape index (κ1) is 19.9. The van der Waals surface area contributed by atoms with Gasteiger partial charge in [0, 0.05) is 63.3 Å². The van der Waals surface area contributed by atoms with Crippen molar-refractivity contribution >= 4 is 29.0 Å². The van der Waals surface area contributed by atoms with Crippen molar-refractivity contribution in [2.24, 2.45) is 0 Å². The van der Waals surface area contributed by atoms with Gasteiger partial charge in [-0.15, -0.1) is 0 Å². The molecule has 7 rings (SSSR count). The molecule has 33 heavy (non-hydrogen) atoms. The third kappa shape index (κ3) is 3.93. The van der Waals surface area contributed by atoms with Gasteiger partial charge in [-0.25, -0.2) is 0 Å². The predicted octanol–water partition coefficient (Wildman–Crippen LogP) is 3.03. The van der Waals surface area contributed by atoms with E-state index in [1.54, 1.807) is 0 Å². The number of benzene rings is 2. The number of Topliss-reactive ketones (excluding diaryl/α,β-unsaturated/α-hetero) is 1. The van der Waals surface area contributed by atoms with Gasteiger partial charge in [0.25, 0.3) is 0 Å². The van der Waals surface area contributed by atoms with E-state index >= 15 is 0 Å². The van der Waals surface area contributed by atoms with Crippen LogP contribution < -0.4 is 4.90 Å². The van der Waals surface area contributed by atoms with E-state index in [4.69, 9.17) is 0 Å². The highest BCUT2D eigenvalue weighted by molar-refractivity contribution is 6.22. The molecule has 0 saturated carbocycles. The Bertz CT molecular complexity index is 1200. The topological polar surface area (TPSA) is 46.4 Å². The van der Waals surface area contributed by atoms with Gasteiger partial charge in [0.2, 0.25) is 11.6 Å². The number of allylic oxidation sites excluding steroid dienone is 1. The Balaban J connectivity index is 0.000000125. The molecule has 0 aromatic heterocycles. The molecule has 3 fully saturated rings. The highest BCUT2D eigenvalue weighted by Crippen LogP contribution is 2.34. The fourth-order valence-electron chi connectivity index (χ4n) is 4.39. The fraction of sp³-hybridized carbons (Fsp3) is 0.259. The van der Waals surface area contributed by atoms with Crippen LogP contribution in [-0.2, 0) is 9.59 Å². The normalized spacial score (nSPS) is 20.3. The molecule has 0 N–H and O–H groups in total. The Labute approximate surface area is 193 Å². The summed E-state index contributed by atoms with van der Waals surface area (Å²) in [5.74, 6) is 0.0485. The summed E-state index contributed by atoms with van der Waals surface area (Å²) in [4.78, 5) is 32.8. The highest BCUT2D eigenvalue weighted by Gasteiger charge is 2.43. The van der Waals surface area contributed by atoms with Crippen LogP contribution in [0.3, 0.4) is 0 Å². The van der Waals surface area contributed by atoms with Gasteiger partial charge in [-0.1, -0.05) is 48.6 Å². The number of carbonyl (C=O) groups is 2. The predicted molar refractivity (Wildman–Crippen MR) is 129 cm³/mol. The molecule has 4 aliphatic heterocycles. The Morgan fingerprint density at radius 3 is 2.00 bits per heavy atom. The number of nitrogens with zero attached hydrogens (tertiary/aromatic N) is 4. The molecule has 0 unspecified atom stereocenters. The molecule has 3 saturated heterocycles. The zero-order chi connectivity index (χ0) is 22.4. The second kappa shape index (κ2) is 7.96. The fourth-order valence-corrected chi connectivity index (χ4v) is 4.39. The zero-order valence-corrected chi connectivity index (χ0v) is 18.5. The lowest BCUT2D eigenvalue weighted by atomic mass is 10.0. The molecule has 0 bridgehead atoms. The summed E-state index contributed by atoms with van der Waals surface area (Å²) >= 11 is 0. The largest absolute Gasteiger partial charge is 0.365 e. The molecule has 6 nitrogen and oxygen atoms in total. The molecule has 6 heteroatoms. The third-order valence-electron chi connectivity index (χ3n) is 6.37. The average Bonchev–Trinajstić information content (AvgIpc) is 3.71. The molecule has 0 radical (unpaired) electrons. The lowest BCUT2D eigenvalue weighted by Crippen LogP contribution is -2.29. The van der Waals surface area contributed by atoms with E-state index in [-0.39, 0.29) is 11.6 Å². The van der Waals surface area contributed by atoms with Crippen LogP contribution in [0, 0.1) is 0 Å². The number of rotatable bonds is 4. The smallest absolute Gasteiger partial charge is 0.227 e. The standard InChI is InChI=1S/C15H13N.C12H13N3O2/c1-2-9-14(10-3-1)16-12-6-8-13-7-4-5-11-15(13)16;16-9-7-8(13-1-2-13)12(17)11(15-5-6-15)10(9)14-3-4-14/h1-11H,12H2;7H,1-6H2. The summed E-state index contributed by atoms with van der Waals surface area (Å²) in [7, 11) is 0. The van der Waals surface area contributed by atoms with E-state index in [9.17, 15) is 9.59 Å². The van der Waals surface area contributed by atoms with E-state index in [0.29, 0.717) is 17.1 Å². The van der Waals surface area contributed by atoms with E-state index in [1.807, 2.05) is 14.7 Å². The second-order valence-corrected chi connectivity index (χ2v) is 8.79. The molecule has 4 heterocycles. The highest BCUT2D eigenvalue weighted by atomic mass is 16.1. The molecule has 2 aromatic rings. The van der Waals surface area contributed by atoms with E-state index in [1.165, 1.54) is 23.0 Å². The van der Waals surface area contributed by atoms with Crippen molar-refractivity contribution in [1.82, 2.24) is 14.7 Å². The van der Waals surface area contributed by atoms with E-state index < -0.39 is 0 Å². The van der Waals surface area contributed by atoms with Crippen LogP contribution in [0.5, 0.6) is 0 Å². The molecule has 166 valence electrons. The van der Waals surface area contributed by atoms with Crippen LogP contribution in [0.1, 0.15) is 5.56 Å². The summed E-state index contributed by atoms with van der Waals surface area (Å²) < 4.78 is 0. The van der Waals surface area contributed by atoms with Crippen molar-refractivity contribution in [2.75, 3.05) is 50.7 Å². The monoisotopic (exact) mass is 438 g/mol. The van der Waals surface area contributed by atoms with Gasteiger partial charge in [-0.05, 0) is 23.8 Å².